The number of piperazine rings is 1. The lowest BCUT2D eigenvalue weighted by Gasteiger charge is -2.36. The molecule has 0 spiro atoms. The monoisotopic (exact) mass is 331 g/mol. The third kappa shape index (κ3) is 4.81. The fourth-order valence-electron chi connectivity index (χ4n) is 3.05. The van der Waals surface area contributed by atoms with E-state index in [2.05, 4.69) is 16.3 Å². The second-order valence-corrected chi connectivity index (χ2v) is 7.18. The first kappa shape index (κ1) is 18.0. The van der Waals surface area contributed by atoms with Gasteiger partial charge in [-0.25, -0.2) is 0 Å². The van der Waals surface area contributed by atoms with Gasteiger partial charge in [-0.1, -0.05) is 19.1 Å². The third-order valence-corrected chi connectivity index (χ3v) is 5.21. The summed E-state index contributed by atoms with van der Waals surface area (Å²) in [5.74, 6) is 0.152. The van der Waals surface area contributed by atoms with Crippen molar-refractivity contribution in [3.05, 3.63) is 29.8 Å². The fourth-order valence-corrected chi connectivity index (χ4v) is 3.46. The first-order valence-electron chi connectivity index (χ1n) is 8.08. The van der Waals surface area contributed by atoms with Gasteiger partial charge in [0, 0.05) is 55.0 Å². The average molecular weight is 331 g/mol. The standard InChI is InChI=1S/C18H25N3OS/c1-18(8-3-9-19,14-21-12-10-20-11-13-21)17(22)15-4-6-16(23-2)7-5-15/h4-7,20H,3,8,10-14H2,1-2H3. The predicted molar refractivity (Wildman–Crippen MR) is 94.8 cm³/mol. The van der Waals surface area contributed by atoms with Gasteiger partial charge in [0.05, 0.1) is 6.07 Å². The maximum absolute atomic E-state index is 13.1. The second-order valence-electron chi connectivity index (χ2n) is 6.30. The van der Waals surface area contributed by atoms with Crippen LogP contribution >= 0.6 is 11.8 Å². The summed E-state index contributed by atoms with van der Waals surface area (Å²) in [6, 6.07) is 10.0. The van der Waals surface area contributed by atoms with Crippen molar-refractivity contribution < 1.29 is 4.79 Å². The molecule has 1 saturated heterocycles. The number of hydrogen-bond donors (Lipinski definition) is 1. The van der Waals surface area contributed by atoms with E-state index in [0.29, 0.717) is 12.8 Å². The first-order chi connectivity index (χ1) is 11.1. The number of carbonyl (C=O) groups excluding carboxylic acids is 1. The van der Waals surface area contributed by atoms with Crippen molar-refractivity contribution in [3.63, 3.8) is 0 Å². The largest absolute Gasteiger partial charge is 0.314 e. The molecule has 1 atom stereocenters. The van der Waals surface area contributed by atoms with Crippen LogP contribution in [0.3, 0.4) is 0 Å². The summed E-state index contributed by atoms with van der Waals surface area (Å²) >= 11 is 1.67. The molecule has 0 saturated carbocycles. The van der Waals surface area contributed by atoms with E-state index in [1.165, 1.54) is 0 Å². The third-order valence-electron chi connectivity index (χ3n) is 4.47. The Morgan fingerprint density at radius 2 is 2.00 bits per heavy atom. The number of nitrogens with zero attached hydrogens (tertiary/aromatic N) is 2. The van der Waals surface area contributed by atoms with E-state index in [1.807, 2.05) is 37.4 Å². The highest BCUT2D eigenvalue weighted by atomic mass is 32.2. The number of ketones is 1. The topological polar surface area (TPSA) is 56.1 Å². The van der Waals surface area contributed by atoms with Crippen LogP contribution in [0.5, 0.6) is 0 Å². The first-order valence-corrected chi connectivity index (χ1v) is 9.30. The van der Waals surface area contributed by atoms with Crippen LogP contribution in [0.1, 0.15) is 30.1 Å². The summed E-state index contributed by atoms with van der Waals surface area (Å²) in [7, 11) is 0. The van der Waals surface area contributed by atoms with Gasteiger partial charge in [-0.3, -0.25) is 9.69 Å². The lowest BCUT2D eigenvalue weighted by atomic mass is 9.77. The fraction of sp³-hybridized carbons (Fsp3) is 0.556. The normalized spacial score (nSPS) is 18.1. The van der Waals surface area contributed by atoms with E-state index in [4.69, 9.17) is 5.26 Å². The lowest BCUT2D eigenvalue weighted by molar-refractivity contribution is 0.0699. The zero-order valence-electron chi connectivity index (χ0n) is 14.0. The number of rotatable bonds is 7. The zero-order chi connectivity index (χ0) is 16.7. The molecule has 0 aromatic heterocycles. The van der Waals surface area contributed by atoms with E-state index in [-0.39, 0.29) is 5.78 Å². The van der Waals surface area contributed by atoms with Crippen molar-refractivity contribution in [2.75, 3.05) is 39.0 Å². The molecule has 1 aromatic carbocycles. The van der Waals surface area contributed by atoms with Gasteiger partial charge in [-0.2, -0.15) is 5.26 Å². The van der Waals surface area contributed by atoms with Gasteiger partial charge >= 0.3 is 0 Å². The summed E-state index contributed by atoms with van der Waals surface area (Å²) in [4.78, 5) is 16.6. The van der Waals surface area contributed by atoms with Crippen LogP contribution in [0.2, 0.25) is 0 Å². The molecular weight excluding hydrogens is 306 g/mol. The molecule has 1 aliphatic heterocycles. The maximum atomic E-state index is 13.1. The zero-order valence-corrected chi connectivity index (χ0v) is 14.8. The number of benzene rings is 1. The van der Waals surface area contributed by atoms with E-state index < -0.39 is 5.41 Å². The minimum absolute atomic E-state index is 0.152. The number of nitrogens with one attached hydrogen (secondary N) is 1. The predicted octanol–water partition coefficient (Wildman–Crippen LogP) is 2.81. The van der Waals surface area contributed by atoms with Crippen LogP contribution < -0.4 is 5.32 Å². The van der Waals surface area contributed by atoms with Crippen molar-refractivity contribution in [1.82, 2.24) is 10.2 Å². The minimum atomic E-state index is -0.506. The quantitative estimate of drug-likeness (QED) is 0.615. The van der Waals surface area contributed by atoms with Gasteiger partial charge in [0.25, 0.3) is 0 Å². The van der Waals surface area contributed by atoms with E-state index in [0.717, 1.165) is 43.2 Å². The molecular formula is C18H25N3OS. The van der Waals surface area contributed by atoms with Gasteiger partial charge in [0.2, 0.25) is 0 Å². The number of thioether (sulfide) groups is 1. The average Bonchev–Trinajstić information content (AvgIpc) is 2.60. The summed E-state index contributed by atoms with van der Waals surface area (Å²) in [6.45, 7) is 6.58. The Bertz CT molecular complexity index is 561. The van der Waals surface area contributed by atoms with Crippen LogP contribution in [0.4, 0.5) is 0 Å². The highest BCUT2D eigenvalue weighted by Crippen LogP contribution is 2.30. The Hall–Kier alpha value is -1.35. The van der Waals surface area contributed by atoms with Crippen LogP contribution in [-0.2, 0) is 0 Å². The molecule has 1 aliphatic rings. The second kappa shape index (κ2) is 8.49. The van der Waals surface area contributed by atoms with Gasteiger partial charge in [-0.05, 0) is 24.8 Å². The molecule has 2 rings (SSSR count). The smallest absolute Gasteiger partial charge is 0.170 e. The van der Waals surface area contributed by atoms with Crippen molar-refractivity contribution in [2.24, 2.45) is 5.41 Å². The SMILES string of the molecule is CSc1ccc(C(=O)C(C)(CCC#N)CN2CCNCC2)cc1. The Morgan fingerprint density at radius 3 is 2.57 bits per heavy atom. The molecule has 1 heterocycles. The highest BCUT2D eigenvalue weighted by Gasteiger charge is 2.35. The van der Waals surface area contributed by atoms with Crippen LogP contribution in [0.25, 0.3) is 0 Å². The van der Waals surface area contributed by atoms with Gasteiger partial charge in [0.15, 0.2) is 5.78 Å². The van der Waals surface area contributed by atoms with Crippen LogP contribution in [-0.4, -0.2) is 49.7 Å². The van der Waals surface area contributed by atoms with Gasteiger partial charge in [0.1, 0.15) is 0 Å². The van der Waals surface area contributed by atoms with Crippen molar-refractivity contribution >= 4 is 17.5 Å². The van der Waals surface area contributed by atoms with Crippen molar-refractivity contribution in [3.8, 4) is 6.07 Å². The molecule has 23 heavy (non-hydrogen) atoms. The Morgan fingerprint density at radius 1 is 1.35 bits per heavy atom. The summed E-state index contributed by atoms with van der Waals surface area (Å²) in [5, 5.41) is 12.3. The summed E-state index contributed by atoms with van der Waals surface area (Å²) < 4.78 is 0. The number of hydrogen-bond acceptors (Lipinski definition) is 5. The number of nitriles is 1. The maximum Gasteiger partial charge on any atom is 0.170 e. The van der Waals surface area contributed by atoms with Gasteiger partial charge < -0.3 is 5.32 Å². The Kier molecular flexibility index (Phi) is 6.64. The molecule has 0 radical (unpaired) electrons. The molecule has 0 aliphatic carbocycles. The van der Waals surface area contributed by atoms with E-state index >= 15 is 0 Å². The number of carbonyl (C=O) groups is 1. The molecule has 1 N–H and O–H groups in total. The van der Waals surface area contributed by atoms with Crippen LogP contribution in [0, 0.1) is 16.7 Å². The molecule has 0 bridgehead atoms. The minimum Gasteiger partial charge on any atom is -0.314 e. The van der Waals surface area contributed by atoms with E-state index in [1.54, 1.807) is 11.8 Å². The van der Waals surface area contributed by atoms with Crippen molar-refractivity contribution in [2.45, 2.75) is 24.7 Å². The van der Waals surface area contributed by atoms with Gasteiger partial charge in [-0.15, -0.1) is 11.8 Å². The number of Topliss-reactive ketones (excluding diaryl/α,β-unsaturated/α-hetero) is 1. The highest BCUT2D eigenvalue weighted by molar-refractivity contribution is 7.98. The Labute approximate surface area is 143 Å². The van der Waals surface area contributed by atoms with E-state index in [9.17, 15) is 4.79 Å². The Balaban J connectivity index is 2.17. The van der Waals surface area contributed by atoms with Crippen molar-refractivity contribution in [1.29, 1.82) is 5.26 Å². The molecule has 1 aromatic rings. The molecule has 124 valence electrons. The summed E-state index contributed by atoms with van der Waals surface area (Å²) in [5.41, 5.74) is 0.242. The molecule has 5 heteroatoms. The molecule has 0 amide bonds. The summed E-state index contributed by atoms with van der Waals surface area (Å²) in [6.07, 6.45) is 3.05. The molecule has 1 unspecified atom stereocenters. The van der Waals surface area contributed by atoms with Crippen LogP contribution in [0.15, 0.2) is 29.2 Å². The molecule has 1 fully saturated rings. The lowest BCUT2D eigenvalue weighted by Crippen LogP contribution is -2.49. The molecule has 4 nitrogen and oxygen atoms in total.